The topological polar surface area (TPSA) is 103 Å². The zero-order valence-electron chi connectivity index (χ0n) is 16.5. The molecule has 3 aromatic rings. The second kappa shape index (κ2) is 8.52. The number of urea groups is 1. The molecule has 0 saturated carbocycles. The third-order valence-corrected chi connectivity index (χ3v) is 4.71. The first-order chi connectivity index (χ1) is 13.8. The molecule has 29 heavy (non-hydrogen) atoms. The Balaban J connectivity index is 1.82. The number of halogens is 1. The van der Waals surface area contributed by atoms with Gasteiger partial charge >= 0.3 is 6.03 Å². The van der Waals surface area contributed by atoms with Crippen molar-refractivity contribution in [1.29, 1.82) is 0 Å². The molecule has 152 valence electrons. The number of carbonyl (C=O) groups excluding carboxylic acids is 1. The molecule has 0 radical (unpaired) electrons. The summed E-state index contributed by atoms with van der Waals surface area (Å²) in [7, 11) is 1.43. The highest BCUT2D eigenvalue weighted by Crippen LogP contribution is 2.30. The minimum Gasteiger partial charge on any atom is -0.487 e. The van der Waals surface area contributed by atoms with Gasteiger partial charge in [-0.1, -0.05) is 23.7 Å². The molecule has 0 saturated heterocycles. The van der Waals surface area contributed by atoms with E-state index in [0.29, 0.717) is 16.5 Å². The number of hydrogen-bond acceptors (Lipinski definition) is 5. The molecule has 9 heteroatoms. The van der Waals surface area contributed by atoms with Crippen LogP contribution in [-0.2, 0) is 6.61 Å². The molecule has 1 aromatic heterocycles. The molecule has 0 aliphatic rings. The lowest BCUT2D eigenvalue weighted by atomic mass is 10.1. The third kappa shape index (κ3) is 4.51. The maximum Gasteiger partial charge on any atom is 0.352 e. The fourth-order valence-corrected chi connectivity index (χ4v) is 3.06. The number of anilines is 1. The van der Waals surface area contributed by atoms with Gasteiger partial charge in [0.2, 0.25) is 0 Å². The first-order valence-electron chi connectivity index (χ1n) is 8.87. The van der Waals surface area contributed by atoms with Crippen LogP contribution >= 0.6 is 11.6 Å². The van der Waals surface area contributed by atoms with Crippen LogP contribution in [0.3, 0.4) is 0 Å². The molecule has 0 atom stereocenters. The minimum absolute atomic E-state index is 0.178. The highest BCUT2D eigenvalue weighted by molar-refractivity contribution is 6.32. The predicted molar refractivity (Wildman–Crippen MR) is 113 cm³/mol. The number of rotatable bonds is 5. The van der Waals surface area contributed by atoms with Gasteiger partial charge in [-0.3, -0.25) is 5.01 Å². The molecule has 0 aliphatic carbocycles. The zero-order valence-corrected chi connectivity index (χ0v) is 17.2. The van der Waals surface area contributed by atoms with Crippen LogP contribution in [0, 0.1) is 13.8 Å². The van der Waals surface area contributed by atoms with Gasteiger partial charge in [-0.05, 0) is 49.2 Å². The summed E-state index contributed by atoms with van der Waals surface area (Å²) in [6.07, 6.45) is 3.68. The number of hydrazine groups is 2. The van der Waals surface area contributed by atoms with Gasteiger partial charge in [-0.15, -0.1) is 0 Å². The van der Waals surface area contributed by atoms with E-state index in [0.717, 1.165) is 32.4 Å². The van der Waals surface area contributed by atoms with Crippen molar-refractivity contribution in [3.8, 4) is 11.4 Å². The Kier molecular flexibility index (Phi) is 6.07. The van der Waals surface area contributed by atoms with Crippen molar-refractivity contribution >= 4 is 23.3 Å². The maximum absolute atomic E-state index is 12.1. The molecule has 0 bridgehead atoms. The first kappa shape index (κ1) is 20.7. The highest BCUT2D eigenvalue weighted by Gasteiger charge is 2.19. The number of carbonyl (C=O) groups is 1. The summed E-state index contributed by atoms with van der Waals surface area (Å²) < 4.78 is 7.67. The smallest absolute Gasteiger partial charge is 0.352 e. The average molecular weight is 415 g/mol. The summed E-state index contributed by atoms with van der Waals surface area (Å²) in [6, 6.07) is 10.3. The first-order valence-corrected chi connectivity index (χ1v) is 9.25. The van der Waals surface area contributed by atoms with Gasteiger partial charge in [0.15, 0.2) is 0 Å². The number of amides is 2. The number of hydrogen-bond donors (Lipinski definition) is 2. The summed E-state index contributed by atoms with van der Waals surface area (Å²) in [5, 5.41) is 6.64. The summed E-state index contributed by atoms with van der Waals surface area (Å²) in [6.45, 7) is 4.06. The predicted octanol–water partition coefficient (Wildman–Crippen LogP) is 3.33. The van der Waals surface area contributed by atoms with Crippen molar-refractivity contribution in [1.82, 2.24) is 14.8 Å². The third-order valence-electron chi connectivity index (χ3n) is 4.42. The van der Waals surface area contributed by atoms with E-state index in [1.807, 2.05) is 38.2 Å². The quantitative estimate of drug-likeness (QED) is 0.378. The van der Waals surface area contributed by atoms with Gasteiger partial charge in [0, 0.05) is 18.8 Å². The summed E-state index contributed by atoms with van der Waals surface area (Å²) in [5.41, 5.74) is 4.07. The second-order valence-electron chi connectivity index (χ2n) is 6.70. The van der Waals surface area contributed by atoms with Gasteiger partial charge in [0.25, 0.3) is 0 Å². The standard InChI is InChI=1S/C20H23ClN6O2/c1-13-10-24-26(11-13)15-7-8-19(17(21)9-15)29-12-16-14(2)5-4-6-18(16)27(23)20(28)25(3)22/h4-11H,12,22-23H2,1-3H3. The van der Waals surface area contributed by atoms with Crippen LogP contribution in [0.4, 0.5) is 10.5 Å². The largest absolute Gasteiger partial charge is 0.487 e. The molecule has 4 N–H and O–H groups in total. The van der Waals surface area contributed by atoms with Gasteiger partial charge in [0.1, 0.15) is 12.4 Å². The van der Waals surface area contributed by atoms with E-state index in [-0.39, 0.29) is 6.61 Å². The molecule has 0 aliphatic heterocycles. The van der Waals surface area contributed by atoms with Crippen molar-refractivity contribution in [3.63, 3.8) is 0 Å². The van der Waals surface area contributed by atoms with Crippen molar-refractivity contribution in [3.05, 3.63) is 70.5 Å². The molecule has 3 rings (SSSR count). The Hall–Kier alpha value is -3.07. The van der Waals surface area contributed by atoms with Crippen molar-refractivity contribution < 1.29 is 9.53 Å². The van der Waals surface area contributed by atoms with Crippen LogP contribution in [-0.4, -0.2) is 27.9 Å². The Labute approximate surface area is 174 Å². The summed E-state index contributed by atoms with van der Waals surface area (Å²) in [5.74, 6) is 12.0. The fourth-order valence-electron chi connectivity index (χ4n) is 2.83. The van der Waals surface area contributed by atoms with Crippen molar-refractivity contribution in [2.24, 2.45) is 11.7 Å². The van der Waals surface area contributed by atoms with Crippen molar-refractivity contribution in [2.75, 3.05) is 12.1 Å². The van der Waals surface area contributed by atoms with Gasteiger partial charge in [0.05, 0.1) is 22.6 Å². The molecular weight excluding hydrogens is 392 g/mol. The van der Waals surface area contributed by atoms with E-state index >= 15 is 0 Å². The number of aromatic nitrogens is 2. The van der Waals surface area contributed by atoms with Crippen LogP contribution in [0.2, 0.25) is 5.02 Å². The zero-order chi connectivity index (χ0) is 21.1. The Bertz CT molecular complexity index is 1030. The minimum atomic E-state index is -0.547. The van der Waals surface area contributed by atoms with Gasteiger partial charge < -0.3 is 4.74 Å². The number of nitrogens with zero attached hydrogens (tertiary/aromatic N) is 4. The highest BCUT2D eigenvalue weighted by atomic mass is 35.5. The van der Waals surface area contributed by atoms with Crippen LogP contribution in [0.1, 0.15) is 16.7 Å². The number of aryl methyl sites for hydroxylation is 2. The Morgan fingerprint density at radius 1 is 1.24 bits per heavy atom. The van der Waals surface area contributed by atoms with Crippen LogP contribution in [0.5, 0.6) is 5.75 Å². The second-order valence-corrected chi connectivity index (χ2v) is 7.11. The molecule has 1 heterocycles. The van der Waals surface area contributed by atoms with E-state index in [9.17, 15) is 4.79 Å². The molecule has 0 fully saturated rings. The van der Waals surface area contributed by atoms with Crippen LogP contribution in [0.15, 0.2) is 48.8 Å². The number of ether oxygens (including phenoxy) is 1. The monoisotopic (exact) mass is 414 g/mol. The lowest BCUT2D eigenvalue weighted by Crippen LogP contribution is -2.49. The molecule has 8 nitrogen and oxygen atoms in total. The lowest BCUT2D eigenvalue weighted by Gasteiger charge is -2.24. The van der Waals surface area contributed by atoms with Gasteiger partial charge in [-0.25, -0.2) is 26.2 Å². The van der Waals surface area contributed by atoms with Crippen LogP contribution in [0.25, 0.3) is 5.69 Å². The SMILES string of the molecule is Cc1cnn(-c2ccc(OCc3c(C)cccc3N(N)C(=O)N(C)N)c(Cl)c2)c1. The van der Waals surface area contributed by atoms with E-state index in [4.69, 9.17) is 28.0 Å². The lowest BCUT2D eigenvalue weighted by molar-refractivity contribution is 0.216. The van der Waals surface area contributed by atoms with E-state index in [2.05, 4.69) is 5.10 Å². The summed E-state index contributed by atoms with van der Waals surface area (Å²) in [4.78, 5) is 12.1. The Morgan fingerprint density at radius 3 is 2.62 bits per heavy atom. The molecule has 2 amide bonds. The fraction of sp³-hybridized carbons (Fsp3) is 0.200. The maximum atomic E-state index is 12.1. The molecular formula is C20H23ClN6O2. The molecule has 0 unspecified atom stereocenters. The molecule has 0 spiro atoms. The van der Waals surface area contributed by atoms with Crippen LogP contribution < -0.4 is 21.4 Å². The van der Waals surface area contributed by atoms with Gasteiger partial charge in [-0.2, -0.15) is 5.10 Å². The number of benzene rings is 2. The van der Waals surface area contributed by atoms with E-state index in [1.165, 1.54) is 7.05 Å². The molecule has 2 aromatic carbocycles. The number of nitrogens with two attached hydrogens (primary N) is 2. The van der Waals surface area contributed by atoms with E-state index in [1.54, 1.807) is 29.1 Å². The average Bonchev–Trinajstić information content (AvgIpc) is 3.12. The normalized spacial score (nSPS) is 10.7. The Morgan fingerprint density at radius 2 is 2.00 bits per heavy atom. The van der Waals surface area contributed by atoms with Crippen molar-refractivity contribution in [2.45, 2.75) is 20.5 Å². The summed E-state index contributed by atoms with van der Waals surface area (Å²) >= 11 is 6.41. The van der Waals surface area contributed by atoms with E-state index < -0.39 is 6.03 Å².